The summed E-state index contributed by atoms with van der Waals surface area (Å²) in [5, 5.41) is 14.5. The van der Waals surface area contributed by atoms with Crippen molar-refractivity contribution in [3.05, 3.63) is 29.8 Å². The van der Waals surface area contributed by atoms with Crippen LogP contribution >= 0.6 is 0 Å². The number of hydrogen-bond acceptors (Lipinski definition) is 4. The van der Waals surface area contributed by atoms with Crippen molar-refractivity contribution in [2.45, 2.75) is 19.3 Å². The average molecular weight is 277 g/mol. The molecule has 0 aliphatic heterocycles. The van der Waals surface area contributed by atoms with Gasteiger partial charge < -0.3 is 21.0 Å². The van der Waals surface area contributed by atoms with Crippen LogP contribution in [0.4, 0.5) is 0 Å². The van der Waals surface area contributed by atoms with E-state index in [1.165, 1.54) is 0 Å². The highest BCUT2D eigenvalue weighted by Gasteiger charge is 2.54. The standard InChI is InChI=1S/C14H19N3O3/c1-20-11-4-2-10(3-5-11)6-9-16-13(18)14(7-8-14)12(15)17-19/h2-5,19H,6-9H2,1H3,(H2,15,17)(H,16,18). The molecule has 1 fully saturated rings. The third-order valence-electron chi connectivity index (χ3n) is 3.64. The lowest BCUT2D eigenvalue weighted by atomic mass is 10.1. The van der Waals surface area contributed by atoms with Gasteiger partial charge in [-0.15, -0.1) is 0 Å². The van der Waals surface area contributed by atoms with E-state index in [-0.39, 0.29) is 11.7 Å². The fourth-order valence-corrected chi connectivity index (χ4v) is 2.10. The highest BCUT2D eigenvalue weighted by atomic mass is 16.5. The first-order valence-electron chi connectivity index (χ1n) is 6.51. The van der Waals surface area contributed by atoms with Crippen LogP contribution in [-0.4, -0.2) is 30.6 Å². The number of benzene rings is 1. The van der Waals surface area contributed by atoms with Crippen LogP contribution in [0.3, 0.4) is 0 Å². The molecule has 1 aliphatic rings. The summed E-state index contributed by atoms with van der Waals surface area (Å²) < 4.78 is 5.08. The summed E-state index contributed by atoms with van der Waals surface area (Å²) in [5.41, 5.74) is 5.88. The molecule has 4 N–H and O–H groups in total. The van der Waals surface area contributed by atoms with E-state index >= 15 is 0 Å². The fourth-order valence-electron chi connectivity index (χ4n) is 2.10. The molecule has 1 aromatic rings. The lowest BCUT2D eigenvalue weighted by Crippen LogP contribution is -2.41. The van der Waals surface area contributed by atoms with Crippen molar-refractivity contribution < 1.29 is 14.7 Å². The lowest BCUT2D eigenvalue weighted by molar-refractivity contribution is -0.124. The Hall–Kier alpha value is -2.24. The summed E-state index contributed by atoms with van der Waals surface area (Å²) in [5.74, 6) is 0.641. The number of nitrogens with two attached hydrogens (primary N) is 1. The molecule has 108 valence electrons. The molecule has 6 nitrogen and oxygen atoms in total. The van der Waals surface area contributed by atoms with Gasteiger partial charge in [0.25, 0.3) is 0 Å². The van der Waals surface area contributed by atoms with Crippen molar-refractivity contribution in [2.75, 3.05) is 13.7 Å². The molecule has 1 aromatic carbocycles. The van der Waals surface area contributed by atoms with Crippen molar-refractivity contribution >= 4 is 11.7 Å². The van der Waals surface area contributed by atoms with Gasteiger partial charge in [-0.2, -0.15) is 0 Å². The molecule has 1 amide bonds. The van der Waals surface area contributed by atoms with Crippen molar-refractivity contribution in [3.8, 4) is 5.75 Å². The van der Waals surface area contributed by atoms with Gasteiger partial charge in [-0.3, -0.25) is 4.79 Å². The zero-order valence-electron chi connectivity index (χ0n) is 11.4. The highest BCUT2D eigenvalue weighted by Crippen LogP contribution is 2.45. The van der Waals surface area contributed by atoms with Crippen molar-refractivity contribution in [3.63, 3.8) is 0 Å². The molecule has 0 heterocycles. The molecule has 0 bridgehead atoms. The topological polar surface area (TPSA) is 96.9 Å². The third-order valence-corrected chi connectivity index (χ3v) is 3.64. The maximum atomic E-state index is 12.0. The van der Waals surface area contributed by atoms with E-state index in [1.54, 1.807) is 7.11 Å². The number of ether oxygens (including phenoxy) is 1. The summed E-state index contributed by atoms with van der Waals surface area (Å²) in [6.07, 6.45) is 2.00. The maximum Gasteiger partial charge on any atom is 0.233 e. The monoisotopic (exact) mass is 277 g/mol. The number of methoxy groups -OCH3 is 1. The summed E-state index contributed by atoms with van der Waals surface area (Å²) in [6.45, 7) is 0.519. The molecule has 0 unspecified atom stereocenters. The Morgan fingerprint density at radius 2 is 2.10 bits per heavy atom. The number of oxime groups is 1. The van der Waals surface area contributed by atoms with E-state index in [0.29, 0.717) is 19.4 Å². The smallest absolute Gasteiger partial charge is 0.233 e. The second-order valence-electron chi connectivity index (χ2n) is 4.92. The first-order chi connectivity index (χ1) is 9.62. The zero-order valence-corrected chi connectivity index (χ0v) is 11.4. The quantitative estimate of drug-likeness (QED) is 0.311. The van der Waals surface area contributed by atoms with Gasteiger partial charge in [0.2, 0.25) is 5.91 Å². The molecular weight excluding hydrogens is 258 g/mol. The van der Waals surface area contributed by atoms with Crippen LogP contribution in [0.5, 0.6) is 5.75 Å². The minimum atomic E-state index is -0.783. The van der Waals surface area contributed by atoms with Crippen LogP contribution in [0.2, 0.25) is 0 Å². The molecular formula is C14H19N3O3. The second-order valence-corrected chi connectivity index (χ2v) is 4.92. The van der Waals surface area contributed by atoms with E-state index in [0.717, 1.165) is 17.7 Å². The molecule has 0 saturated heterocycles. The largest absolute Gasteiger partial charge is 0.497 e. The SMILES string of the molecule is COc1ccc(CCNC(=O)C2(/C(N)=N/O)CC2)cc1. The summed E-state index contributed by atoms with van der Waals surface area (Å²) >= 11 is 0. The Labute approximate surface area is 117 Å². The first-order valence-corrected chi connectivity index (χ1v) is 6.51. The van der Waals surface area contributed by atoms with Gasteiger partial charge in [-0.05, 0) is 37.0 Å². The average Bonchev–Trinajstić information content (AvgIpc) is 3.28. The molecule has 1 saturated carbocycles. The fraction of sp³-hybridized carbons (Fsp3) is 0.429. The van der Waals surface area contributed by atoms with Crippen molar-refractivity contribution in [2.24, 2.45) is 16.3 Å². The van der Waals surface area contributed by atoms with Gasteiger partial charge in [0, 0.05) is 6.54 Å². The van der Waals surface area contributed by atoms with E-state index in [2.05, 4.69) is 10.5 Å². The lowest BCUT2D eigenvalue weighted by Gasteiger charge is -2.13. The number of nitrogens with zero attached hydrogens (tertiary/aromatic N) is 1. The Morgan fingerprint density at radius 1 is 1.45 bits per heavy atom. The first kappa shape index (κ1) is 14.2. The van der Waals surface area contributed by atoms with Crippen LogP contribution in [0.1, 0.15) is 18.4 Å². The molecule has 1 aliphatic carbocycles. The zero-order chi connectivity index (χ0) is 14.6. The number of hydrogen-bond donors (Lipinski definition) is 3. The molecule has 0 spiro atoms. The second kappa shape index (κ2) is 5.81. The molecule has 0 radical (unpaired) electrons. The highest BCUT2D eigenvalue weighted by molar-refractivity contribution is 6.09. The van der Waals surface area contributed by atoms with E-state index in [1.807, 2.05) is 24.3 Å². The number of nitrogens with one attached hydrogen (secondary N) is 1. The van der Waals surface area contributed by atoms with Gasteiger partial charge in [0.15, 0.2) is 5.84 Å². The Bertz CT molecular complexity index is 507. The Balaban J connectivity index is 1.82. The van der Waals surface area contributed by atoms with Crippen LogP contribution in [-0.2, 0) is 11.2 Å². The van der Waals surface area contributed by atoms with Crippen molar-refractivity contribution in [1.82, 2.24) is 5.32 Å². The van der Waals surface area contributed by atoms with Gasteiger partial charge in [0.1, 0.15) is 11.2 Å². The molecule has 20 heavy (non-hydrogen) atoms. The summed E-state index contributed by atoms with van der Waals surface area (Å²) in [6, 6.07) is 7.69. The Kier molecular flexibility index (Phi) is 4.12. The molecule has 0 atom stereocenters. The van der Waals surface area contributed by atoms with Gasteiger partial charge in [-0.25, -0.2) is 0 Å². The maximum absolute atomic E-state index is 12.0. The molecule has 6 heteroatoms. The van der Waals surface area contributed by atoms with E-state index in [4.69, 9.17) is 15.7 Å². The van der Waals surface area contributed by atoms with Crippen LogP contribution < -0.4 is 15.8 Å². The van der Waals surface area contributed by atoms with Crippen LogP contribution in [0.25, 0.3) is 0 Å². The number of carbonyl (C=O) groups excluding carboxylic acids is 1. The van der Waals surface area contributed by atoms with Crippen LogP contribution in [0, 0.1) is 5.41 Å². The molecule has 0 aromatic heterocycles. The van der Waals surface area contributed by atoms with Gasteiger partial charge >= 0.3 is 0 Å². The summed E-state index contributed by atoms with van der Waals surface area (Å²) in [7, 11) is 1.62. The van der Waals surface area contributed by atoms with Crippen molar-refractivity contribution in [1.29, 1.82) is 0 Å². The molecule has 2 rings (SSSR count). The predicted octanol–water partition coefficient (Wildman–Crippen LogP) is 0.881. The summed E-state index contributed by atoms with van der Waals surface area (Å²) in [4.78, 5) is 12.0. The third kappa shape index (κ3) is 2.84. The Morgan fingerprint density at radius 3 is 2.60 bits per heavy atom. The van der Waals surface area contributed by atoms with Gasteiger partial charge in [0.05, 0.1) is 7.11 Å². The number of rotatable bonds is 6. The predicted molar refractivity (Wildman–Crippen MR) is 74.8 cm³/mol. The van der Waals surface area contributed by atoms with E-state index < -0.39 is 5.41 Å². The minimum Gasteiger partial charge on any atom is -0.497 e. The minimum absolute atomic E-state index is 0.000512. The number of carbonyl (C=O) groups is 1. The number of amides is 1. The van der Waals surface area contributed by atoms with Crippen LogP contribution in [0.15, 0.2) is 29.4 Å². The van der Waals surface area contributed by atoms with Gasteiger partial charge in [-0.1, -0.05) is 17.3 Å². The normalized spacial score (nSPS) is 16.6. The van der Waals surface area contributed by atoms with E-state index in [9.17, 15) is 4.79 Å². The number of amidine groups is 1.